The van der Waals surface area contributed by atoms with Crippen LogP contribution in [0.25, 0.3) is 0 Å². The van der Waals surface area contributed by atoms with Gasteiger partial charge in [-0.25, -0.2) is 0 Å². The Morgan fingerprint density at radius 1 is 1.37 bits per heavy atom. The first-order valence-electron chi connectivity index (χ1n) is 5.90. The van der Waals surface area contributed by atoms with Crippen LogP contribution in [0.5, 0.6) is 0 Å². The number of nitrogens with two attached hydrogens (primary N) is 1. The first-order valence-corrected chi connectivity index (χ1v) is 5.90. The highest BCUT2D eigenvalue weighted by Crippen LogP contribution is 2.17. The van der Waals surface area contributed by atoms with Crippen LogP contribution in [0, 0.1) is 6.92 Å². The molecule has 2 aromatic rings. The SMILES string of the molecule is Cc1ccc(CN)cc1NC(=O)c1c[nH]ccc1=O. The van der Waals surface area contributed by atoms with Gasteiger partial charge in [0.15, 0.2) is 5.43 Å². The highest BCUT2D eigenvalue weighted by molar-refractivity contribution is 6.04. The van der Waals surface area contributed by atoms with Gasteiger partial charge in [0.1, 0.15) is 5.56 Å². The quantitative estimate of drug-likeness (QED) is 0.776. The van der Waals surface area contributed by atoms with Crippen LogP contribution < -0.4 is 16.5 Å². The van der Waals surface area contributed by atoms with Crippen molar-refractivity contribution < 1.29 is 4.79 Å². The summed E-state index contributed by atoms with van der Waals surface area (Å²) in [4.78, 5) is 26.3. The van der Waals surface area contributed by atoms with Gasteiger partial charge < -0.3 is 16.0 Å². The van der Waals surface area contributed by atoms with E-state index in [1.54, 1.807) is 0 Å². The molecule has 19 heavy (non-hydrogen) atoms. The van der Waals surface area contributed by atoms with Gasteiger partial charge in [-0.15, -0.1) is 0 Å². The number of H-pyrrole nitrogens is 1. The number of carbonyl (C=O) groups excluding carboxylic acids is 1. The summed E-state index contributed by atoms with van der Waals surface area (Å²) in [6, 6.07) is 6.91. The normalized spacial score (nSPS) is 10.2. The number of hydrogen-bond acceptors (Lipinski definition) is 3. The fourth-order valence-corrected chi connectivity index (χ4v) is 1.71. The number of aromatic nitrogens is 1. The summed E-state index contributed by atoms with van der Waals surface area (Å²) in [5, 5.41) is 2.73. The molecule has 0 unspecified atom stereocenters. The molecule has 1 aromatic carbocycles. The number of anilines is 1. The third-order valence-electron chi connectivity index (χ3n) is 2.85. The van der Waals surface area contributed by atoms with E-state index in [0.717, 1.165) is 11.1 Å². The van der Waals surface area contributed by atoms with Crippen LogP contribution in [-0.2, 0) is 6.54 Å². The van der Waals surface area contributed by atoms with Gasteiger partial charge in [-0.1, -0.05) is 12.1 Å². The molecule has 2 rings (SSSR count). The molecule has 0 atom stereocenters. The number of hydrogen-bond donors (Lipinski definition) is 3. The summed E-state index contributed by atoms with van der Waals surface area (Å²) in [5.74, 6) is -0.431. The zero-order chi connectivity index (χ0) is 13.8. The summed E-state index contributed by atoms with van der Waals surface area (Å²) in [6.45, 7) is 2.28. The molecule has 1 aromatic heterocycles. The van der Waals surface area contributed by atoms with Gasteiger partial charge in [0.2, 0.25) is 0 Å². The van der Waals surface area contributed by atoms with E-state index < -0.39 is 5.91 Å². The molecule has 0 radical (unpaired) electrons. The smallest absolute Gasteiger partial charge is 0.261 e. The molecule has 0 bridgehead atoms. The summed E-state index contributed by atoms with van der Waals surface area (Å²) < 4.78 is 0. The molecule has 5 nitrogen and oxygen atoms in total. The first kappa shape index (κ1) is 13.0. The third kappa shape index (κ3) is 2.89. The van der Waals surface area contributed by atoms with E-state index in [1.807, 2.05) is 25.1 Å². The van der Waals surface area contributed by atoms with Gasteiger partial charge in [-0.05, 0) is 24.1 Å². The number of aryl methyl sites for hydroxylation is 1. The van der Waals surface area contributed by atoms with E-state index in [1.165, 1.54) is 18.5 Å². The largest absolute Gasteiger partial charge is 0.367 e. The van der Waals surface area contributed by atoms with Crippen LogP contribution in [0.1, 0.15) is 21.5 Å². The maximum Gasteiger partial charge on any atom is 0.261 e. The van der Waals surface area contributed by atoms with Gasteiger partial charge in [0.25, 0.3) is 5.91 Å². The maximum absolute atomic E-state index is 12.0. The summed E-state index contributed by atoms with van der Waals surface area (Å²) in [5.41, 5.74) is 7.83. The molecule has 5 heteroatoms. The van der Waals surface area contributed by atoms with Crippen LogP contribution >= 0.6 is 0 Å². The minimum Gasteiger partial charge on any atom is -0.367 e. The second kappa shape index (κ2) is 5.49. The molecule has 0 aliphatic carbocycles. The fraction of sp³-hybridized carbons (Fsp3) is 0.143. The zero-order valence-electron chi connectivity index (χ0n) is 10.6. The zero-order valence-corrected chi connectivity index (χ0v) is 10.6. The minimum absolute atomic E-state index is 0.0834. The number of aromatic amines is 1. The van der Waals surface area contributed by atoms with Crippen molar-refractivity contribution in [2.45, 2.75) is 13.5 Å². The van der Waals surface area contributed by atoms with Crippen molar-refractivity contribution in [2.75, 3.05) is 5.32 Å². The van der Waals surface area contributed by atoms with Gasteiger partial charge in [-0.2, -0.15) is 0 Å². The van der Waals surface area contributed by atoms with Crippen LogP contribution in [0.3, 0.4) is 0 Å². The first-order chi connectivity index (χ1) is 9.11. The average molecular weight is 257 g/mol. The molecule has 0 fully saturated rings. The lowest BCUT2D eigenvalue weighted by molar-refractivity contribution is 0.102. The van der Waals surface area contributed by atoms with Gasteiger partial charge in [-0.3, -0.25) is 9.59 Å². The number of carbonyl (C=O) groups is 1. The molecule has 4 N–H and O–H groups in total. The van der Waals surface area contributed by atoms with Crippen molar-refractivity contribution >= 4 is 11.6 Å². The number of amides is 1. The lowest BCUT2D eigenvalue weighted by Crippen LogP contribution is -2.21. The predicted molar refractivity (Wildman–Crippen MR) is 74.1 cm³/mol. The highest BCUT2D eigenvalue weighted by atomic mass is 16.2. The number of pyridine rings is 1. The molecule has 98 valence electrons. The van der Waals surface area contributed by atoms with Crippen molar-refractivity contribution in [1.29, 1.82) is 0 Å². The minimum atomic E-state index is -0.431. The second-order valence-electron chi connectivity index (χ2n) is 4.23. The number of rotatable bonds is 3. The molecule has 1 amide bonds. The lowest BCUT2D eigenvalue weighted by Gasteiger charge is -2.09. The number of nitrogens with one attached hydrogen (secondary N) is 2. The standard InChI is InChI=1S/C14H15N3O2/c1-9-2-3-10(7-15)6-12(9)17-14(19)11-8-16-5-4-13(11)18/h2-6,8H,7,15H2,1H3,(H,16,18)(H,17,19). The van der Waals surface area contributed by atoms with E-state index in [-0.39, 0.29) is 11.0 Å². The average Bonchev–Trinajstić information content (AvgIpc) is 2.41. The lowest BCUT2D eigenvalue weighted by atomic mass is 10.1. The monoisotopic (exact) mass is 257 g/mol. The Kier molecular flexibility index (Phi) is 3.77. The molecule has 1 heterocycles. The van der Waals surface area contributed by atoms with Crippen molar-refractivity contribution in [3.8, 4) is 0 Å². The summed E-state index contributed by atoms with van der Waals surface area (Å²) >= 11 is 0. The van der Waals surface area contributed by atoms with Crippen LogP contribution in [0.15, 0.2) is 41.5 Å². The van der Waals surface area contributed by atoms with Crippen molar-refractivity contribution in [2.24, 2.45) is 5.73 Å². The molecule has 0 aliphatic rings. The third-order valence-corrected chi connectivity index (χ3v) is 2.85. The Hall–Kier alpha value is -2.40. The Balaban J connectivity index is 2.29. The van der Waals surface area contributed by atoms with E-state index in [0.29, 0.717) is 12.2 Å². The Morgan fingerprint density at radius 3 is 2.84 bits per heavy atom. The van der Waals surface area contributed by atoms with Crippen molar-refractivity contribution in [1.82, 2.24) is 4.98 Å². The van der Waals surface area contributed by atoms with E-state index in [2.05, 4.69) is 10.3 Å². The Morgan fingerprint density at radius 2 is 2.16 bits per heavy atom. The van der Waals surface area contributed by atoms with Gasteiger partial charge in [0, 0.05) is 30.7 Å². The second-order valence-corrected chi connectivity index (χ2v) is 4.23. The van der Waals surface area contributed by atoms with E-state index in [9.17, 15) is 9.59 Å². The Labute approximate surface area is 110 Å². The van der Waals surface area contributed by atoms with Crippen molar-refractivity contribution in [3.63, 3.8) is 0 Å². The molecule has 0 saturated heterocycles. The molecule has 0 saturated carbocycles. The maximum atomic E-state index is 12.0. The van der Waals surface area contributed by atoms with Gasteiger partial charge >= 0.3 is 0 Å². The molecule has 0 spiro atoms. The summed E-state index contributed by atoms with van der Waals surface area (Å²) in [6.07, 6.45) is 2.87. The van der Waals surface area contributed by atoms with Crippen molar-refractivity contribution in [3.05, 3.63) is 63.6 Å². The molecule has 0 aliphatic heterocycles. The Bertz CT molecular complexity index is 662. The van der Waals surface area contributed by atoms with E-state index >= 15 is 0 Å². The van der Waals surface area contributed by atoms with Crippen LogP contribution in [0.2, 0.25) is 0 Å². The summed E-state index contributed by atoms with van der Waals surface area (Å²) in [7, 11) is 0. The van der Waals surface area contributed by atoms with E-state index in [4.69, 9.17) is 5.73 Å². The highest BCUT2D eigenvalue weighted by Gasteiger charge is 2.11. The van der Waals surface area contributed by atoms with Crippen LogP contribution in [0.4, 0.5) is 5.69 Å². The fourth-order valence-electron chi connectivity index (χ4n) is 1.71. The van der Waals surface area contributed by atoms with Crippen LogP contribution in [-0.4, -0.2) is 10.9 Å². The number of benzene rings is 1. The molecular formula is C14H15N3O2. The predicted octanol–water partition coefficient (Wildman–Crippen LogP) is 1.39. The topological polar surface area (TPSA) is 88.0 Å². The molecular weight excluding hydrogens is 242 g/mol. The van der Waals surface area contributed by atoms with Gasteiger partial charge in [0.05, 0.1) is 0 Å².